The molecule has 0 radical (unpaired) electrons. The third-order valence-corrected chi connectivity index (χ3v) is 3.00. The van der Waals surface area contributed by atoms with Crippen molar-refractivity contribution in [2.75, 3.05) is 7.11 Å². The molecule has 2 rings (SSSR count). The van der Waals surface area contributed by atoms with Gasteiger partial charge in [0, 0.05) is 0 Å². The van der Waals surface area contributed by atoms with E-state index < -0.39 is 6.29 Å². The minimum Gasteiger partial charge on any atom is -0.497 e. The highest BCUT2D eigenvalue weighted by atomic mass is 32.2. The van der Waals surface area contributed by atoms with Crippen LogP contribution >= 0.6 is 11.9 Å². The van der Waals surface area contributed by atoms with Crippen molar-refractivity contribution in [3.8, 4) is 5.75 Å². The van der Waals surface area contributed by atoms with Crippen molar-refractivity contribution < 1.29 is 14.7 Å². The Kier molecular flexibility index (Phi) is 2.93. The number of hydrogen-bond acceptors (Lipinski definition) is 5. The maximum Gasteiger partial charge on any atom is 0.193 e. The summed E-state index contributed by atoms with van der Waals surface area (Å²) in [7, 11) is 1.62. The lowest BCUT2D eigenvalue weighted by atomic mass is 10.1. The van der Waals surface area contributed by atoms with Gasteiger partial charge < -0.3 is 9.84 Å². The van der Waals surface area contributed by atoms with E-state index in [0.717, 1.165) is 11.3 Å². The van der Waals surface area contributed by atoms with Gasteiger partial charge in [0.15, 0.2) is 6.29 Å². The molecule has 1 aromatic rings. The third kappa shape index (κ3) is 1.85. The lowest BCUT2D eigenvalue weighted by Gasteiger charge is -2.10. The van der Waals surface area contributed by atoms with Crippen LogP contribution < -0.4 is 9.62 Å². The zero-order chi connectivity index (χ0) is 9.97. The smallest absolute Gasteiger partial charge is 0.193 e. The second-order valence-electron chi connectivity index (χ2n) is 2.90. The average molecular weight is 213 g/mol. The predicted octanol–water partition coefficient (Wildman–Crippen LogP) is 1.24. The number of hydrogen-bond donors (Lipinski definition) is 2. The van der Waals surface area contributed by atoms with Crippen LogP contribution in [0.5, 0.6) is 5.75 Å². The Morgan fingerprint density at radius 2 is 2.14 bits per heavy atom. The van der Waals surface area contributed by atoms with Crippen LogP contribution in [0.1, 0.15) is 10.8 Å². The van der Waals surface area contributed by atoms with E-state index >= 15 is 0 Å². The summed E-state index contributed by atoms with van der Waals surface area (Å²) < 4.78 is 5.04. The summed E-state index contributed by atoms with van der Waals surface area (Å²) in [4.78, 5) is 7.40. The zero-order valence-electron chi connectivity index (χ0n) is 7.64. The fourth-order valence-corrected chi connectivity index (χ4v) is 2.00. The van der Waals surface area contributed by atoms with Gasteiger partial charge in [-0.05, 0) is 29.6 Å². The predicted molar refractivity (Wildman–Crippen MR) is 53.6 cm³/mol. The number of nitrogens with one attached hydrogen (secondary N) is 1. The van der Waals surface area contributed by atoms with Crippen molar-refractivity contribution in [1.82, 2.24) is 4.89 Å². The molecule has 0 unspecified atom stereocenters. The first kappa shape index (κ1) is 9.79. The monoisotopic (exact) mass is 213 g/mol. The fourth-order valence-electron chi connectivity index (χ4n) is 1.28. The topological polar surface area (TPSA) is 50.7 Å². The highest BCUT2D eigenvalue weighted by Gasteiger charge is 2.28. The molecule has 1 aliphatic rings. The van der Waals surface area contributed by atoms with Gasteiger partial charge in [0.1, 0.15) is 5.75 Å². The van der Waals surface area contributed by atoms with Gasteiger partial charge in [0.05, 0.1) is 12.4 Å². The van der Waals surface area contributed by atoms with Crippen LogP contribution in [0.25, 0.3) is 0 Å². The standard InChI is InChI=1S/C9H11NO3S/c1-12-7-4-2-6(3-5-7)8-9(11)13-10-14-8/h2-5,8-11H,1H3/t8-,9+/m0/s1. The zero-order valence-corrected chi connectivity index (χ0v) is 8.45. The van der Waals surface area contributed by atoms with E-state index in [-0.39, 0.29) is 5.25 Å². The Hall–Kier alpha value is -0.750. The summed E-state index contributed by atoms with van der Waals surface area (Å²) in [6, 6.07) is 7.55. The average Bonchev–Trinajstić information content (AvgIpc) is 2.65. The molecular formula is C9H11NO3S. The summed E-state index contributed by atoms with van der Waals surface area (Å²) in [5.41, 5.74) is 1.01. The Morgan fingerprint density at radius 3 is 2.64 bits per heavy atom. The fraction of sp³-hybridized carbons (Fsp3) is 0.333. The maximum absolute atomic E-state index is 9.43. The minimum atomic E-state index is -0.798. The van der Waals surface area contributed by atoms with E-state index in [9.17, 15) is 5.11 Å². The van der Waals surface area contributed by atoms with Crippen LogP contribution in [0.15, 0.2) is 24.3 Å². The van der Waals surface area contributed by atoms with Crippen LogP contribution in [0.3, 0.4) is 0 Å². The Labute approximate surface area is 86.3 Å². The van der Waals surface area contributed by atoms with Crippen molar-refractivity contribution in [2.45, 2.75) is 11.5 Å². The van der Waals surface area contributed by atoms with Gasteiger partial charge in [0.25, 0.3) is 0 Å². The molecule has 14 heavy (non-hydrogen) atoms. The Morgan fingerprint density at radius 1 is 1.43 bits per heavy atom. The van der Waals surface area contributed by atoms with Gasteiger partial charge in [-0.1, -0.05) is 12.1 Å². The molecule has 0 saturated carbocycles. The molecule has 0 spiro atoms. The van der Waals surface area contributed by atoms with Crippen LogP contribution in [-0.2, 0) is 4.84 Å². The molecule has 1 heterocycles. The molecular weight excluding hydrogens is 202 g/mol. The van der Waals surface area contributed by atoms with Gasteiger partial charge in [-0.15, -0.1) is 4.89 Å². The van der Waals surface area contributed by atoms with Crippen molar-refractivity contribution in [3.63, 3.8) is 0 Å². The second-order valence-corrected chi connectivity index (χ2v) is 3.81. The number of ether oxygens (including phenoxy) is 1. The molecule has 1 aromatic carbocycles. The molecule has 0 aromatic heterocycles. The molecule has 5 heteroatoms. The number of benzene rings is 1. The molecule has 1 fully saturated rings. The molecule has 1 aliphatic heterocycles. The Balaban J connectivity index is 2.16. The van der Waals surface area contributed by atoms with E-state index in [1.807, 2.05) is 24.3 Å². The highest BCUT2D eigenvalue weighted by Crippen LogP contribution is 2.35. The van der Waals surface area contributed by atoms with Gasteiger partial charge in [-0.25, -0.2) is 0 Å². The van der Waals surface area contributed by atoms with Crippen LogP contribution in [0.2, 0.25) is 0 Å². The summed E-state index contributed by atoms with van der Waals surface area (Å²) in [5.74, 6) is 0.806. The molecule has 0 aliphatic carbocycles. The first-order valence-corrected chi connectivity index (χ1v) is 5.07. The molecule has 1 saturated heterocycles. The van der Waals surface area contributed by atoms with Gasteiger partial charge in [0.2, 0.25) is 0 Å². The minimum absolute atomic E-state index is 0.0825. The SMILES string of the molecule is COc1ccc([C@@H]2SNO[C@H]2O)cc1. The normalized spacial score (nSPS) is 26.4. The first-order valence-electron chi connectivity index (χ1n) is 4.19. The number of methoxy groups -OCH3 is 1. The van der Waals surface area contributed by atoms with Crippen LogP contribution in [0, 0.1) is 0 Å². The largest absolute Gasteiger partial charge is 0.497 e. The van der Waals surface area contributed by atoms with Gasteiger partial charge in [-0.3, -0.25) is 4.84 Å². The third-order valence-electron chi connectivity index (χ3n) is 2.05. The molecule has 0 amide bonds. The molecule has 76 valence electrons. The van der Waals surface area contributed by atoms with Gasteiger partial charge >= 0.3 is 0 Å². The van der Waals surface area contributed by atoms with Crippen LogP contribution in [0.4, 0.5) is 0 Å². The molecule has 2 N–H and O–H groups in total. The summed E-state index contributed by atoms with van der Waals surface area (Å²) in [6.07, 6.45) is -0.798. The second kappa shape index (κ2) is 4.18. The molecule has 2 atom stereocenters. The summed E-state index contributed by atoms with van der Waals surface area (Å²) in [6.45, 7) is 0. The first-order chi connectivity index (χ1) is 6.81. The quantitative estimate of drug-likeness (QED) is 0.724. The van der Waals surface area contributed by atoms with Crippen molar-refractivity contribution >= 4 is 11.9 Å². The number of aliphatic hydroxyl groups is 1. The Bertz CT molecular complexity index is 303. The van der Waals surface area contributed by atoms with E-state index in [2.05, 4.69) is 4.89 Å². The van der Waals surface area contributed by atoms with Crippen molar-refractivity contribution in [2.24, 2.45) is 0 Å². The van der Waals surface area contributed by atoms with Crippen molar-refractivity contribution in [1.29, 1.82) is 0 Å². The van der Waals surface area contributed by atoms with E-state index in [0.29, 0.717) is 0 Å². The van der Waals surface area contributed by atoms with E-state index in [1.165, 1.54) is 11.9 Å². The number of aliphatic hydroxyl groups excluding tert-OH is 1. The lowest BCUT2D eigenvalue weighted by molar-refractivity contribution is -0.103. The van der Waals surface area contributed by atoms with Crippen molar-refractivity contribution in [3.05, 3.63) is 29.8 Å². The lowest BCUT2D eigenvalue weighted by Crippen LogP contribution is -2.12. The molecule has 4 nitrogen and oxygen atoms in total. The van der Waals surface area contributed by atoms with E-state index in [4.69, 9.17) is 9.57 Å². The van der Waals surface area contributed by atoms with Crippen LogP contribution in [-0.4, -0.2) is 18.5 Å². The summed E-state index contributed by atoms with van der Waals surface area (Å²) >= 11 is 1.35. The van der Waals surface area contributed by atoms with Gasteiger partial charge in [-0.2, -0.15) is 0 Å². The summed E-state index contributed by atoms with van der Waals surface area (Å²) in [5, 5.41) is 9.35. The highest BCUT2D eigenvalue weighted by molar-refractivity contribution is 7.97. The van der Waals surface area contributed by atoms with E-state index in [1.54, 1.807) is 7.11 Å². The maximum atomic E-state index is 9.43. The number of rotatable bonds is 2. The molecule has 0 bridgehead atoms.